The standard InChI is InChI=1S/C33H33NO4S/c1-23(36)34-20-25-7-5-8-27(17-25)28-9-6-10-29(18-28)33-37-30(22-39-31-11-3-2-4-12-31)19-32(38-33)26-15-13-24(21-35)14-16-26/h2-18,30,32-33,35H,19-22H2,1H3,(H,34,36)/t30-,32+,33+/m0/s1. The molecule has 4 aromatic rings. The van der Waals surface area contributed by atoms with Gasteiger partial charge in [-0.3, -0.25) is 4.79 Å². The molecule has 5 rings (SSSR count). The molecular weight excluding hydrogens is 506 g/mol. The van der Waals surface area contributed by atoms with Gasteiger partial charge in [0.25, 0.3) is 0 Å². The van der Waals surface area contributed by atoms with Gasteiger partial charge in [-0.15, -0.1) is 11.8 Å². The van der Waals surface area contributed by atoms with Crippen LogP contribution in [-0.2, 0) is 27.4 Å². The monoisotopic (exact) mass is 539 g/mol. The molecule has 200 valence electrons. The van der Waals surface area contributed by atoms with Crippen LogP contribution >= 0.6 is 11.8 Å². The lowest BCUT2D eigenvalue weighted by molar-refractivity contribution is -0.245. The molecule has 0 saturated carbocycles. The molecule has 1 saturated heterocycles. The molecule has 1 fully saturated rings. The fourth-order valence-electron chi connectivity index (χ4n) is 4.68. The highest BCUT2D eigenvalue weighted by Gasteiger charge is 2.32. The van der Waals surface area contributed by atoms with Crippen LogP contribution in [0, 0.1) is 0 Å². The van der Waals surface area contributed by atoms with E-state index in [1.807, 2.05) is 54.6 Å². The molecule has 0 radical (unpaired) electrons. The maximum absolute atomic E-state index is 11.4. The van der Waals surface area contributed by atoms with E-state index in [9.17, 15) is 9.90 Å². The van der Waals surface area contributed by atoms with Crippen LogP contribution in [0.1, 0.15) is 48.0 Å². The molecule has 0 bridgehead atoms. The first-order chi connectivity index (χ1) is 19.1. The first-order valence-corrected chi connectivity index (χ1v) is 14.2. The highest BCUT2D eigenvalue weighted by molar-refractivity contribution is 7.99. The average Bonchev–Trinajstić information content (AvgIpc) is 2.99. The van der Waals surface area contributed by atoms with Crippen LogP contribution in [-0.4, -0.2) is 22.9 Å². The second-order valence-corrected chi connectivity index (χ2v) is 10.8. The molecule has 5 nitrogen and oxygen atoms in total. The number of nitrogens with one attached hydrogen (secondary N) is 1. The summed E-state index contributed by atoms with van der Waals surface area (Å²) in [5.41, 5.74) is 6.11. The van der Waals surface area contributed by atoms with E-state index in [-0.39, 0.29) is 24.7 Å². The van der Waals surface area contributed by atoms with Crippen LogP contribution in [0.2, 0.25) is 0 Å². The molecule has 3 atom stereocenters. The van der Waals surface area contributed by atoms with Gasteiger partial charge in [0, 0.05) is 36.1 Å². The van der Waals surface area contributed by atoms with Crippen molar-refractivity contribution in [1.82, 2.24) is 5.32 Å². The molecule has 1 amide bonds. The topological polar surface area (TPSA) is 67.8 Å². The Balaban J connectivity index is 1.38. The summed E-state index contributed by atoms with van der Waals surface area (Å²) in [7, 11) is 0. The Morgan fingerprint density at radius 3 is 2.33 bits per heavy atom. The number of benzene rings is 4. The molecule has 1 heterocycles. The zero-order valence-electron chi connectivity index (χ0n) is 22.0. The first kappa shape index (κ1) is 27.2. The number of ether oxygens (including phenoxy) is 2. The summed E-state index contributed by atoms with van der Waals surface area (Å²) < 4.78 is 13.1. The van der Waals surface area contributed by atoms with Gasteiger partial charge in [0.2, 0.25) is 5.91 Å². The average molecular weight is 540 g/mol. The van der Waals surface area contributed by atoms with Gasteiger partial charge in [-0.25, -0.2) is 0 Å². The van der Waals surface area contributed by atoms with Crippen molar-refractivity contribution < 1.29 is 19.4 Å². The number of rotatable bonds is 9. The van der Waals surface area contributed by atoms with Gasteiger partial charge in [0.05, 0.1) is 18.8 Å². The van der Waals surface area contributed by atoms with Crippen LogP contribution in [0.3, 0.4) is 0 Å². The minimum Gasteiger partial charge on any atom is -0.392 e. The predicted octanol–water partition coefficient (Wildman–Crippen LogP) is 6.82. The Morgan fingerprint density at radius 1 is 0.846 bits per heavy atom. The fourth-order valence-corrected chi connectivity index (χ4v) is 5.62. The van der Waals surface area contributed by atoms with Crippen molar-refractivity contribution in [1.29, 1.82) is 0 Å². The molecule has 0 aromatic heterocycles. The van der Waals surface area contributed by atoms with Crippen molar-refractivity contribution in [2.75, 3.05) is 5.75 Å². The fraction of sp³-hybridized carbons (Fsp3) is 0.242. The molecular formula is C33H33NO4S. The number of thioether (sulfide) groups is 1. The highest BCUT2D eigenvalue weighted by atomic mass is 32.2. The molecule has 0 spiro atoms. The maximum atomic E-state index is 11.4. The van der Waals surface area contributed by atoms with Gasteiger partial charge in [-0.05, 0) is 52.1 Å². The van der Waals surface area contributed by atoms with Crippen molar-refractivity contribution >= 4 is 17.7 Å². The van der Waals surface area contributed by atoms with Crippen molar-refractivity contribution in [2.45, 2.75) is 49.9 Å². The van der Waals surface area contributed by atoms with E-state index in [2.05, 4.69) is 53.8 Å². The normalized spacial score (nSPS) is 19.0. The third kappa shape index (κ3) is 7.37. The summed E-state index contributed by atoms with van der Waals surface area (Å²) in [4.78, 5) is 12.6. The summed E-state index contributed by atoms with van der Waals surface area (Å²) in [6, 6.07) is 34.8. The molecule has 4 aromatic carbocycles. The van der Waals surface area contributed by atoms with Crippen molar-refractivity contribution in [3.63, 3.8) is 0 Å². The van der Waals surface area contributed by atoms with Crippen LogP contribution in [0.15, 0.2) is 108 Å². The van der Waals surface area contributed by atoms with E-state index in [0.717, 1.165) is 45.6 Å². The third-order valence-electron chi connectivity index (χ3n) is 6.75. The van der Waals surface area contributed by atoms with Crippen LogP contribution in [0.25, 0.3) is 11.1 Å². The van der Waals surface area contributed by atoms with Gasteiger partial charge >= 0.3 is 0 Å². The first-order valence-electron chi connectivity index (χ1n) is 13.2. The Kier molecular flexibility index (Phi) is 9.12. The van der Waals surface area contributed by atoms with E-state index < -0.39 is 6.29 Å². The largest absolute Gasteiger partial charge is 0.392 e. The number of aliphatic hydroxyl groups is 1. The smallest absolute Gasteiger partial charge is 0.217 e. The number of hydrogen-bond donors (Lipinski definition) is 2. The number of carbonyl (C=O) groups is 1. The maximum Gasteiger partial charge on any atom is 0.217 e. The molecule has 2 N–H and O–H groups in total. The number of hydrogen-bond acceptors (Lipinski definition) is 5. The molecule has 1 aliphatic heterocycles. The summed E-state index contributed by atoms with van der Waals surface area (Å²) in [6.07, 6.45) is 0.119. The lowest BCUT2D eigenvalue weighted by atomic mass is 9.99. The minimum absolute atomic E-state index is 0.00103. The molecule has 1 aliphatic rings. The summed E-state index contributed by atoms with van der Waals surface area (Å²) >= 11 is 1.79. The Morgan fingerprint density at radius 2 is 1.59 bits per heavy atom. The number of amides is 1. The van der Waals surface area contributed by atoms with Crippen LogP contribution in [0.5, 0.6) is 0 Å². The quantitative estimate of drug-likeness (QED) is 0.229. The van der Waals surface area contributed by atoms with Gasteiger partial charge in [-0.2, -0.15) is 0 Å². The molecule has 0 unspecified atom stereocenters. The second kappa shape index (κ2) is 13.1. The number of aliphatic hydroxyl groups excluding tert-OH is 1. The predicted molar refractivity (Wildman–Crippen MR) is 155 cm³/mol. The third-order valence-corrected chi connectivity index (χ3v) is 7.90. The molecule has 0 aliphatic carbocycles. The van der Waals surface area contributed by atoms with Gasteiger partial charge < -0.3 is 19.9 Å². The minimum atomic E-state index is -0.509. The highest BCUT2D eigenvalue weighted by Crippen LogP contribution is 2.40. The van der Waals surface area contributed by atoms with Crippen molar-refractivity contribution in [3.8, 4) is 11.1 Å². The second-order valence-electron chi connectivity index (χ2n) is 9.71. The summed E-state index contributed by atoms with van der Waals surface area (Å²) in [5, 5.41) is 12.3. The van der Waals surface area contributed by atoms with E-state index >= 15 is 0 Å². The SMILES string of the molecule is CC(=O)NCc1cccc(-c2cccc([C@@H]3O[C@H](CSc4ccccc4)C[C@H](c4ccc(CO)cc4)O3)c2)c1. The van der Waals surface area contributed by atoms with Crippen molar-refractivity contribution in [2.24, 2.45) is 0 Å². The molecule has 39 heavy (non-hydrogen) atoms. The van der Waals surface area contributed by atoms with E-state index in [1.54, 1.807) is 11.8 Å². The van der Waals surface area contributed by atoms with E-state index in [0.29, 0.717) is 6.54 Å². The van der Waals surface area contributed by atoms with Crippen LogP contribution < -0.4 is 5.32 Å². The summed E-state index contributed by atoms with van der Waals surface area (Å²) in [5.74, 6) is 0.773. The Labute approximate surface area is 234 Å². The van der Waals surface area contributed by atoms with Gasteiger partial charge in [0.15, 0.2) is 6.29 Å². The molecule has 6 heteroatoms. The van der Waals surface area contributed by atoms with E-state index in [1.165, 1.54) is 11.8 Å². The lowest BCUT2D eigenvalue weighted by Gasteiger charge is -2.36. The zero-order chi connectivity index (χ0) is 27.0. The van der Waals surface area contributed by atoms with Crippen LogP contribution in [0.4, 0.5) is 0 Å². The number of carbonyl (C=O) groups excluding carboxylic acids is 1. The van der Waals surface area contributed by atoms with Crippen molar-refractivity contribution in [3.05, 3.63) is 125 Å². The van der Waals surface area contributed by atoms with Gasteiger partial charge in [-0.1, -0.05) is 78.9 Å². The Bertz CT molecular complexity index is 1380. The van der Waals surface area contributed by atoms with E-state index in [4.69, 9.17) is 9.47 Å². The lowest BCUT2D eigenvalue weighted by Crippen LogP contribution is -2.31. The zero-order valence-corrected chi connectivity index (χ0v) is 22.8. The Hall–Kier alpha value is -3.42. The summed E-state index contributed by atoms with van der Waals surface area (Å²) in [6.45, 7) is 2.04. The van der Waals surface area contributed by atoms with Gasteiger partial charge in [0.1, 0.15) is 0 Å².